The lowest BCUT2D eigenvalue weighted by atomic mass is 10.0. The van der Waals surface area contributed by atoms with Crippen LogP contribution in [0.1, 0.15) is 31.9 Å². The van der Waals surface area contributed by atoms with E-state index in [9.17, 15) is 19.7 Å². The fourth-order valence-corrected chi connectivity index (χ4v) is 1.71. The molecule has 0 saturated heterocycles. The molecule has 0 spiro atoms. The molecule has 8 nitrogen and oxygen atoms in total. The summed E-state index contributed by atoms with van der Waals surface area (Å²) >= 11 is 0. The smallest absolute Gasteiger partial charge is 0.405 e. The average Bonchev–Trinajstić information content (AvgIpc) is 2.44. The number of hydrogen-bond acceptors (Lipinski definition) is 5. The minimum absolute atomic E-state index is 0.111. The molecule has 8 heteroatoms. The molecule has 1 aromatic carbocycles. The first kappa shape index (κ1) is 17.4. The number of rotatable bonds is 7. The molecular formula is C14H18N2O6. The number of carbonyl (C=O) groups is 2. The molecule has 22 heavy (non-hydrogen) atoms. The summed E-state index contributed by atoms with van der Waals surface area (Å²) in [5.41, 5.74) is 0.342. The van der Waals surface area contributed by atoms with Gasteiger partial charge in [0.15, 0.2) is 0 Å². The van der Waals surface area contributed by atoms with Crippen molar-refractivity contribution in [2.24, 2.45) is 5.92 Å². The quantitative estimate of drug-likeness (QED) is 0.453. The minimum Gasteiger partial charge on any atom is -0.465 e. The van der Waals surface area contributed by atoms with Gasteiger partial charge >= 0.3 is 12.1 Å². The Bertz CT molecular complexity index is 541. The van der Waals surface area contributed by atoms with Crippen LogP contribution in [0.3, 0.4) is 0 Å². The SMILES string of the molecule is CC(C)COC(=O)CC(NC(=O)O)c1ccc([N+](=O)[O-])cc1. The zero-order valence-electron chi connectivity index (χ0n) is 12.3. The van der Waals surface area contributed by atoms with Crippen LogP contribution in [0.4, 0.5) is 10.5 Å². The number of nitrogens with zero attached hydrogens (tertiary/aromatic N) is 1. The third-order valence-corrected chi connectivity index (χ3v) is 2.75. The summed E-state index contributed by atoms with van der Waals surface area (Å²) in [7, 11) is 0. The van der Waals surface area contributed by atoms with Crippen molar-refractivity contribution in [2.75, 3.05) is 6.61 Å². The summed E-state index contributed by atoms with van der Waals surface area (Å²) in [6.07, 6.45) is -1.48. The highest BCUT2D eigenvalue weighted by atomic mass is 16.6. The van der Waals surface area contributed by atoms with Crippen molar-refractivity contribution in [3.05, 3.63) is 39.9 Å². The average molecular weight is 310 g/mol. The third kappa shape index (κ3) is 5.78. The molecule has 0 bridgehead atoms. The van der Waals surface area contributed by atoms with Gasteiger partial charge in [-0.3, -0.25) is 14.9 Å². The zero-order valence-corrected chi connectivity index (χ0v) is 12.3. The Labute approximate surface area is 127 Å². The van der Waals surface area contributed by atoms with Gasteiger partial charge in [-0.1, -0.05) is 26.0 Å². The number of nitro benzene ring substituents is 1. The summed E-state index contributed by atoms with van der Waals surface area (Å²) in [6, 6.07) is 4.51. The number of carbonyl (C=O) groups excluding carboxylic acids is 1. The standard InChI is InChI=1S/C14H18N2O6/c1-9(2)8-22-13(17)7-12(15-14(18)19)10-3-5-11(6-4-10)16(20)21/h3-6,9,12,15H,7-8H2,1-2H3,(H,18,19). The maximum Gasteiger partial charge on any atom is 0.405 e. The summed E-state index contributed by atoms with van der Waals surface area (Å²) in [6.45, 7) is 4.02. The fraction of sp³-hybridized carbons (Fsp3) is 0.429. The van der Waals surface area contributed by atoms with E-state index in [-0.39, 0.29) is 24.6 Å². The van der Waals surface area contributed by atoms with Crippen LogP contribution in [0.15, 0.2) is 24.3 Å². The van der Waals surface area contributed by atoms with Crippen LogP contribution in [-0.4, -0.2) is 28.7 Å². The molecule has 120 valence electrons. The van der Waals surface area contributed by atoms with Crippen molar-refractivity contribution in [3.63, 3.8) is 0 Å². The number of nitro groups is 1. The van der Waals surface area contributed by atoms with Gasteiger partial charge in [0.25, 0.3) is 5.69 Å². The summed E-state index contributed by atoms with van der Waals surface area (Å²) < 4.78 is 5.02. The highest BCUT2D eigenvalue weighted by molar-refractivity contribution is 5.72. The van der Waals surface area contributed by atoms with Gasteiger partial charge in [-0.05, 0) is 11.5 Å². The van der Waals surface area contributed by atoms with E-state index >= 15 is 0 Å². The van der Waals surface area contributed by atoms with Crippen LogP contribution < -0.4 is 5.32 Å². The molecule has 2 N–H and O–H groups in total. The van der Waals surface area contributed by atoms with Gasteiger partial charge in [-0.2, -0.15) is 0 Å². The predicted molar refractivity (Wildman–Crippen MR) is 77.4 cm³/mol. The van der Waals surface area contributed by atoms with Crippen molar-refractivity contribution >= 4 is 17.7 Å². The molecule has 1 atom stereocenters. The largest absolute Gasteiger partial charge is 0.465 e. The molecule has 0 heterocycles. The van der Waals surface area contributed by atoms with Gasteiger partial charge < -0.3 is 15.2 Å². The van der Waals surface area contributed by atoms with Gasteiger partial charge in [0, 0.05) is 12.1 Å². The molecule has 0 saturated carbocycles. The van der Waals surface area contributed by atoms with Crippen LogP contribution in [0.5, 0.6) is 0 Å². The maximum absolute atomic E-state index is 11.7. The maximum atomic E-state index is 11.7. The van der Waals surface area contributed by atoms with Crippen LogP contribution >= 0.6 is 0 Å². The molecule has 1 aromatic rings. The number of carboxylic acid groups (broad SMARTS) is 1. The molecule has 0 aliphatic heterocycles. The molecule has 0 fully saturated rings. The molecule has 0 aromatic heterocycles. The number of ether oxygens (including phenoxy) is 1. The second-order valence-electron chi connectivity index (χ2n) is 5.13. The molecule has 1 rings (SSSR count). The van der Waals surface area contributed by atoms with Crippen LogP contribution in [0.2, 0.25) is 0 Å². The Morgan fingerprint density at radius 2 is 1.91 bits per heavy atom. The third-order valence-electron chi connectivity index (χ3n) is 2.75. The Hall–Kier alpha value is -2.64. The summed E-state index contributed by atoms with van der Waals surface area (Å²) in [5.74, 6) is -0.361. The second-order valence-corrected chi connectivity index (χ2v) is 5.13. The van der Waals surface area contributed by atoms with E-state index in [1.165, 1.54) is 24.3 Å². The number of nitrogens with one attached hydrogen (secondary N) is 1. The van der Waals surface area contributed by atoms with Crippen LogP contribution in [0.25, 0.3) is 0 Å². The van der Waals surface area contributed by atoms with Crippen molar-refractivity contribution in [3.8, 4) is 0 Å². The first-order valence-corrected chi connectivity index (χ1v) is 6.69. The van der Waals surface area contributed by atoms with E-state index in [0.717, 1.165) is 0 Å². The van der Waals surface area contributed by atoms with Gasteiger partial charge in [-0.25, -0.2) is 4.79 Å². The zero-order chi connectivity index (χ0) is 16.7. The Balaban J connectivity index is 2.81. The number of hydrogen-bond donors (Lipinski definition) is 2. The number of amides is 1. The Morgan fingerprint density at radius 1 is 1.32 bits per heavy atom. The van der Waals surface area contributed by atoms with Gasteiger partial charge in [0.05, 0.1) is 24.0 Å². The normalized spacial score (nSPS) is 11.8. The predicted octanol–water partition coefficient (Wildman–Crippen LogP) is 2.49. The molecular weight excluding hydrogens is 292 g/mol. The van der Waals surface area contributed by atoms with E-state index < -0.39 is 23.0 Å². The van der Waals surface area contributed by atoms with Gasteiger partial charge in [-0.15, -0.1) is 0 Å². The summed E-state index contributed by atoms with van der Waals surface area (Å²) in [4.78, 5) is 32.6. The second kappa shape index (κ2) is 7.96. The van der Waals surface area contributed by atoms with E-state index in [2.05, 4.69) is 5.32 Å². The molecule has 0 radical (unpaired) electrons. The lowest BCUT2D eigenvalue weighted by Gasteiger charge is -2.17. The monoisotopic (exact) mass is 310 g/mol. The number of esters is 1. The van der Waals surface area contributed by atoms with Crippen molar-refractivity contribution in [1.82, 2.24) is 5.32 Å². The molecule has 0 aliphatic carbocycles. The number of benzene rings is 1. The fourth-order valence-electron chi connectivity index (χ4n) is 1.71. The van der Waals surface area contributed by atoms with Crippen molar-refractivity contribution < 1.29 is 24.4 Å². The van der Waals surface area contributed by atoms with Crippen LogP contribution in [0, 0.1) is 16.0 Å². The number of non-ortho nitro benzene ring substituents is 1. The van der Waals surface area contributed by atoms with Crippen LogP contribution in [-0.2, 0) is 9.53 Å². The molecule has 1 amide bonds. The first-order chi connectivity index (χ1) is 10.3. The minimum atomic E-state index is -1.29. The lowest BCUT2D eigenvalue weighted by molar-refractivity contribution is -0.384. The van der Waals surface area contributed by atoms with E-state index in [0.29, 0.717) is 5.56 Å². The van der Waals surface area contributed by atoms with E-state index in [4.69, 9.17) is 9.84 Å². The van der Waals surface area contributed by atoms with Crippen molar-refractivity contribution in [2.45, 2.75) is 26.3 Å². The van der Waals surface area contributed by atoms with Crippen molar-refractivity contribution in [1.29, 1.82) is 0 Å². The topological polar surface area (TPSA) is 119 Å². The Kier molecular flexibility index (Phi) is 6.30. The van der Waals surface area contributed by atoms with E-state index in [1.54, 1.807) is 0 Å². The van der Waals surface area contributed by atoms with Gasteiger partial charge in [0.2, 0.25) is 0 Å². The highest BCUT2D eigenvalue weighted by Crippen LogP contribution is 2.21. The highest BCUT2D eigenvalue weighted by Gasteiger charge is 2.20. The first-order valence-electron chi connectivity index (χ1n) is 6.69. The summed E-state index contributed by atoms with van der Waals surface area (Å²) in [5, 5.41) is 21.7. The molecule has 0 aliphatic rings. The van der Waals surface area contributed by atoms with Gasteiger partial charge in [0.1, 0.15) is 0 Å². The van der Waals surface area contributed by atoms with E-state index in [1.807, 2.05) is 13.8 Å². The molecule has 1 unspecified atom stereocenters. The Morgan fingerprint density at radius 3 is 2.36 bits per heavy atom. The lowest BCUT2D eigenvalue weighted by Crippen LogP contribution is -2.29.